The Hall–Kier alpha value is -1.56. The Labute approximate surface area is 165 Å². The van der Waals surface area contributed by atoms with Crippen LogP contribution in [0.1, 0.15) is 45.6 Å². The van der Waals surface area contributed by atoms with Crippen molar-refractivity contribution >= 4 is 27.8 Å². The molecule has 3 N–H and O–H groups in total. The molecule has 1 saturated heterocycles. The first-order chi connectivity index (χ1) is 12.3. The second-order valence-electron chi connectivity index (χ2n) is 7.66. The van der Waals surface area contributed by atoms with Crippen molar-refractivity contribution in [1.29, 1.82) is 0 Å². The minimum atomic E-state index is -0.214. The fraction of sp³-hybridized carbons (Fsp3) is 0.600. The molecular weight excluding hydrogens is 392 g/mol. The van der Waals surface area contributed by atoms with Gasteiger partial charge >= 0.3 is 0 Å². The molecule has 0 saturated carbocycles. The van der Waals surface area contributed by atoms with E-state index >= 15 is 0 Å². The average Bonchev–Trinajstić information content (AvgIpc) is 2.58. The molecule has 1 unspecified atom stereocenters. The Bertz CT molecular complexity index is 644. The molecule has 0 aromatic heterocycles. The van der Waals surface area contributed by atoms with E-state index in [4.69, 9.17) is 10.7 Å². The van der Waals surface area contributed by atoms with Crippen LogP contribution in [0.5, 0.6) is 0 Å². The van der Waals surface area contributed by atoms with E-state index in [9.17, 15) is 4.79 Å². The summed E-state index contributed by atoms with van der Waals surface area (Å²) in [6.45, 7) is 9.83. The number of carbonyl (C=O) groups excluding carboxylic acids is 1. The summed E-state index contributed by atoms with van der Waals surface area (Å²) in [4.78, 5) is 18.5. The van der Waals surface area contributed by atoms with Gasteiger partial charge in [-0.05, 0) is 37.3 Å². The standard InChI is InChI=1S/C20H31BrN4O/c1-4-23-19(25-11-7-8-15(13-25)12-18(22)26)24-14-20(2,3)16-9-5-6-10-17(16)21/h5-6,9-10,15H,4,7-8,11-14H2,1-3H3,(H2,22,26)(H,23,24). The lowest BCUT2D eigenvalue weighted by atomic mass is 9.85. The van der Waals surface area contributed by atoms with Crippen LogP contribution >= 0.6 is 15.9 Å². The molecule has 2 rings (SSSR count). The Morgan fingerprint density at radius 2 is 2.15 bits per heavy atom. The van der Waals surface area contributed by atoms with Crippen molar-refractivity contribution in [3.8, 4) is 0 Å². The summed E-state index contributed by atoms with van der Waals surface area (Å²) in [5.74, 6) is 1.04. The molecule has 144 valence electrons. The molecule has 1 aliphatic heterocycles. The molecule has 0 bridgehead atoms. The highest BCUT2D eigenvalue weighted by molar-refractivity contribution is 9.10. The molecular formula is C20H31BrN4O. The molecule has 1 aliphatic rings. The van der Waals surface area contributed by atoms with E-state index in [0.29, 0.717) is 18.9 Å². The predicted octanol–water partition coefficient (Wildman–Crippen LogP) is 3.28. The van der Waals surface area contributed by atoms with Crippen LogP contribution < -0.4 is 11.1 Å². The zero-order valence-electron chi connectivity index (χ0n) is 16.1. The smallest absolute Gasteiger partial charge is 0.217 e. The fourth-order valence-corrected chi connectivity index (χ4v) is 4.32. The van der Waals surface area contributed by atoms with Crippen LogP contribution in [0.4, 0.5) is 0 Å². The first-order valence-electron chi connectivity index (χ1n) is 9.40. The van der Waals surface area contributed by atoms with E-state index in [-0.39, 0.29) is 11.3 Å². The SMILES string of the molecule is CCNC(=NCC(C)(C)c1ccccc1Br)N1CCCC(CC(N)=O)C1. The maximum atomic E-state index is 11.3. The number of hydrogen-bond acceptors (Lipinski definition) is 2. The molecule has 0 radical (unpaired) electrons. The largest absolute Gasteiger partial charge is 0.370 e. The van der Waals surface area contributed by atoms with Crippen molar-refractivity contribution in [2.24, 2.45) is 16.6 Å². The molecule has 1 atom stereocenters. The Morgan fingerprint density at radius 1 is 1.42 bits per heavy atom. The van der Waals surface area contributed by atoms with Gasteiger partial charge in [-0.25, -0.2) is 0 Å². The number of likely N-dealkylation sites (tertiary alicyclic amines) is 1. The summed E-state index contributed by atoms with van der Waals surface area (Å²) in [6.07, 6.45) is 2.58. The van der Waals surface area contributed by atoms with Crippen molar-refractivity contribution in [1.82, 2.24) is 10.2 Å². The number of nitrogens with two attached hydrogens (primary N) is 1. The Morgan fingerprint density at radius 3 is 2.81 bits per heavy atom. The number of piperidine rings is 1. The van der Waals surface area contributed by atoms with Crippen LogP contribution in [0.3, 0.4) is 0 Å². The van der Waals surface area contributed by atoms with E-state index in [1.807, 2.05) is 6.07 Å². The predicted molar refractivity (Wildman–Crippen MR) is 111 cm³/mol. The highest BCUT2D eigenvalue weighted by Gasteiger charge is 2.26. The third kappa shape index (κ3) is 5.73. The number of primary amides is 1. The van der Waals surface area contributed by atoms with Crippen LogP contribution in [-0.2, 0) is 10.2 Å². The lowest BCUT2D eigenvalue weighted by Crippen LogP contribution is -2.47. The van der Waals surface area contributed by atoms with E-state index in [1.165, 1.54) is 5.56 Å². The number of guanidine groups is 1. The van der Waals surface area contributed by atoms with Crippen LogP contribution in [0, 0.1) is 5.92 Å². The van der Waals surface area contributed by atoms with Gasteiger partial charge < -0.3 is 16.0 Å². The van der Waals surface area contributed by atoms with E-state index in [0.717, 1.165) is 42.9 Å². The molecule has 1 heterocycles. The van der Waals surface area contributed by atoms with Gasteiger partial charge in [0.1, 0.15) is 0 Å². The number of nitrogens with zero attached hydrogens (tertiary/aromatic N) is 2. The van der Waals surface area contributed by atoms with E-state index in [1.54, 1.807) is 0 Å². The lowest BCUT2D eigenvalue weighted by Gasteiger charge is -2.35. The number of halogens is 1. The van der Waals surface area contributed by atoms with Gasteiger partial charge in [-0.1, -0.05) is 48.0 Å². The molecule has 26 heavy (non-hydrogen) atoms. The van der Waals surface area contributed by atoms with Gasteiger partial charge in [0.2, 0.25) is 5.91 Å². The number of benzene rings is 1. The summed E-state index contributed by atoms with van der Waals surface area (Å²) in [5, 5.41) is 3.41. The van der Waals surface area contributed by atoms with Crippen molar-refractivity contribution in [2.45, 2.75) is 45.4 Å². The van der Waals surface area contributed by atoms with Crippen molar-refractivity contribution in [2.75, 3.05) is 26.2 Å². The lowest BCUT2D eigenvalue weighted by molar-refractivity contribution is -0.119. The highest BCUT2D eigenvalue weighted by atomic mass is 79.9. The summed E-state index contributed by atoms with van der Waals surface area (Å²) in [5.41, 5.74) is 6.56. The normalized spacial score (nSPS) is 18.7. The van der Waals surface area contributed by atoms with Crippen molar-refractivity contribution in [3.05, 3.63) is 34.3 Å². The number of hydrogen-bond donors (Lipinski definition) is 2. The minimum absolute atomic E-state index is 0.0802. The highest BCUT2D eigenvalue weighted by Crippen LogP contribution is 2.30. The zero-order valence-corrected chi connectivity index (χ0v) is 17.7. The van der Waals surface area contributed by atoms with E-state index in [2.05, 4.69) is 65.1 Å². The number of rotatable bonds is 6. The fourth-order valence-electron chi connectivity index (χ4n) is 3.50. The summed E-state index contributed by atoms with van der Waals surface area (Å²) >= 11 is 3.66. The van der Waals surface area contributed by atoms with Crippen LogP contribution in [0.25, 0.3) is 0 Å². The molecule has 0 aliphatic carbocycles. The topological polar surface area (TPSA) is 70.7 Å². The number of aliphatic imine (C=N–C) groups is 1. The second kappa shape index (κ2) is 9.40. The van der Waals surface area contributed by atoms with Crippen molar-refractivity contribution in [3.63, 3.8) is 0 Å². The van der Waals surface area contributed by atoms with Gasteiger partial charge in [0.25, 0.3) is 0 Å². The number of nitrogens with one attached hydrogen (secondary N) is 1. The Balaban J connectivity index is 2.13. The molecule has 1 amide bonds. The number of carbonyl (C=O) groups is 1. The summed E-state index contributed by atoms with van der Waals surface area (Å²) in [6, 6.07) is 8.32. The van der Waals surface area contributed by atoms with Crippen LogP contribution in [-0.4, -0.2) is 42.9 Å². The maximum Gasteiger partial charge on any atom is 0.217 e. The van der Waals surface area contributed by atoms with Crippen LogP contribution in [0.2, 0.25) is 0 Å². The van der Waals surface area contributed by atoms with Gasteiger partial charge in [0, 0.05) is 35.9 Å². The van der Waals surface area contributed by atoms with Gasteiger partial charge in [-0.15, -0.1) is 0 Å². The Kier molecular flexibility index (Phi) is 7.50. The van der Waals surface area contributed by atoms with Gasteiger partial charge in [0.15, 0.2) is 5.96 Å². The minimum Gasteiger partial charge on any atom is -0.370 e. The summed E-state index contributed by atoms with van der Waals surface area (Å²) < 4.78 is 1.12. The van der Waals surface area contributed by atoms with Gasteiger partial charge in [-0.3, -0.25) is 9.79 Å². The molecule has 5 nitrogen and oxygen atoms in total. The molecule has 1 aromatic carbocycles. The monoisotopic (exact) mass is 422 g/mol. The molecule has 0 spiro atoms. The third-order valence-electron chi connectivity index (χ3n) is 4.87. The van der Waals surface area contributed by atoms with E-state index < -0.39 is 0 Å². The molecule has 1 aromatic rings. The summed E-state index contributed by atoms with van der Waals surface area (Å²) in [7, 11) is 0. The first-order valence-corrected chi connectivity index (χ1v) is 10.2. The molecule has 6 heteroatoms. The van der Waals surface area contributed by atoms with Gasteiger partial charge in [-0.2, -0.15) is 0 Å². The van der Waals surface area contributed by atoms with Crippen LogP contribution in [0.15, 0.2) is 33.7 Å². The quantitative estimate of drug-likeness (QED) is 0.545. The maximum absolute atomic E-state index is 11.3. The third-order valence-corrected chi connectivity index (χ3v) is 5.56. The average molecular weight is 423 g/mol. The molecule has 1 fully saturated rings. The zero-order chi connectivity index (χ0) is 19.2. The number of amides is 1. The first kappa shape index (κ1) is 20.7. The van der Waals surface area contributed by atoms with Gasteiger partial charge in [0.05, 0.1) is 6.54 Å². The second-order valence-corrected chi connectivity index (χ2v) is 8.51. The van der Waals surface area contributed by atoms with Crippen molar-refractivity contribution < 1.29 is 4.79 Å².